The van der Waals surface area contributed by atoms with Gasteiger partial charge >= 0.3 is 0 Å². The molecule has 1 atom stereocenters. The molecule has 4 rings (SSSR count). The number of benzene rings is 1. The van der Waals surface area contributed by atoms with Crippen molar-refractivity contribution in [3.05, 3.63) is 72.4 Å². The minimum atomic E-state index is -0.630. The van der Waals surface area contributed by atoms with Crippen LogP contribution in [0, 0.1) is 5.92 Å². The second kappa shape index (κ2) is 9.18. The largest absolute Gasteiger partial charge is 0.467 e. The summed E-state index contributed by atoms with van der Waals surface area (Å²) >= 11 is 1.51. The zero-order valence-electron chi connectivity index (χ0n) is 17.4. The fourth-order valence-corrected chi connectivity index (χ4v) is 4.25. The molecule has 7 nitrogen and oxygen atoms in total. The van der Waals surface area contributed by atoms with Crippen LogP contribution in [0.25, 0.3) is 15.3 Å². The van der Waals surface area contributed by atoms with Gasteiger partial charge in [0.15, 0.2) is 5.13 Å². The Bertz CT molecular complexity index is 1160. The summed E-state index contributed by atoms with van der Waals surface area (Å²) in [5, 5.41) is 6.57. The summed E-state index contributed by atoms with van der Waals surface area (Å²) in [6, 6.07) is 12.2. The van der Waals surface area contributed by atoms with Crippen molar-refractivity contribution < 1.29 is 14.0 Å². The van der Waals surface area contributed by atoms with Gasteiger partial charge in [-0.1, -0.05) is 25.2 Å². The van der Waals surface area contributed by atoms with E-state index in [4.69, 9.17) is 4.42 Å². The highest BCUT2D eigenvalue weighted by atomic mass is 32.1. The van der Waals surface area contributed by atoms with Gasteiger partial charge in [-0.3, -0.25) is 9.59 Å². The van der Waals surface area contributed by atoms with E-state index in [9.17, 15) is 9.59 Å². The topological polar surface area (TPSA) is 89.2 Å². The first-order valence-corrected chi connectivity index (χ1v) is 11.0. The summed E-state index contributed by atoms with van der Waals surface area (Å²) in [5.41, 5.74) is 1.34. The molecule has 1 aromatic carbocycles. The van der Waals surface area contributed by atoms with Crippen LogP contribution in [0.4, 0.5) is 0 Å². The lowest BCUT2D eigenvalue weighted by atomic mass is 10.0. The van der Waals surface area contributed by atoms with Crippen LogP contribution in [0.2, 0.25) is 0 Å². The predicted octanol–water partition coefficient (Wildman–Crippen LogP) is 4.14. The molecule has 0 aliphatic heterocycles. The van der Waals surface area contributed by atoms with Crippen LogP contribution in [0.1, 0.15) is 36.4 Å². The Kier molecular flexibility index (Phi) is 6.18. The first-order chi connectivity index (χ1) is 15.0. The van der Waals surface area contributed by atoms with Crippen molar-refractivity contribution >= 4 is 33.4 Å². The maximum absolute atomic E-state index is 12.9. The van der Waals surface area contributed by atoms with E-state index in [1.165, 1.54) is 11.3 Å². The molecule has 2 amide bonds. The van der Waals surface area contributed by atoms with Gasteiger partial charge in [0, 0.05) is 18.0 Å². The first-order valence-electron chi connectivity index (χ1n) is 10.1. The van der Waals surface area contributed by atoms with Crippen LogP contribution in [0.3, 0.4) is 0 Å². The highest BCUT2D eigenvalue weighted by Gasteiger charge is 2.23. The second-order valence-corrected chi connectivity index (χ2v) is 8.73. The number of amides is 2. The molecule has 0 unspecified atom stereocenters. The van der Waals surface area contributed by atoms with Gasteiger partial charge in [-0.2, -0.15) is 0 Å². The van der Waals surface area contributed by atoms with Gasteiger partial charge in [-0.05, 0) is 54.8 Å². The molecule has 0 saturated carbocycles. The molecule has 0 spiro atoms. The fourth-order valence-electron chi connectivity index (χ4n) is 3.28. The quantitative estimate of drug-likeness (QED) is 0.434. The summed E-state index contributed by atoms with van der Waals surface area (Å²) in [7, 11) is 0. The van der Waals surface area contributed by atoms with Crippen LogP contribution in [-0.2, 0) is 11.3 Å². The predicted molar refractivity (Wildman–Crippen MR) is 120 cm³/mol. The number of thiazole rings is 1. The first kappa shape index (κ1) is 20.9. The lowest BCUT2D eigenvalue weighted by Crippen LogP contribution is -2.47. The van der Waals surface area contributed by atoms with Crippen molar-refractivity contribution in [2.75, 3.05) is 0 Å². The molecule has 8 heteroatoms. The number of hydrogen-bond donors (Lipinski definition) is 2. The third-order valence-corrected chi connectivity index (χ3v) is 5.84. The van der Waals surface area contributed by atoms with Crippen LogP contribution < -0.4 is 10.6 Å². The highest BCUT2D eigenvalue weighted by Crippen LogP contribution is 2.26. The van der Waals surface area contributed by atoms with E-state index in [0.717, 1.165) is 15.3 Å². The summed E-state index contributed by atoms with van der Waals surface area (Å²) in [5.74, 6) is 0.397. The fraction of sp³-hybridized carbons (Fsp3) is 0.261. The van der Waals surface area contributed by atoms with Gasteiger partial charge in [0.1, 0.15) is 11.8 Å². The molecule has 0 saturated heterocycles. The Hall–Kier alpha value is -3.39. The molecule has 160 valence electrons. The number of furan rings is 1. The lowest BCUT2D eigenvalue weighted by Gasteiger charge is -2.20. The van der Waals surface area contributed by atoms with Crippen molar-refractivity contribution in [1.29, 1.82) is 0 Å². The summed E-state index contributed by atoms with van der Waals surface area (Å²) in [6.45, 7) is 4.32. The van der Waals surface area contributed by atoms with Crippen molar-refractivity contribution in [1.82, 2.24) is 20.2 Å². The van der Waals surface area contributed by atoms with Gasteiger partial charge in [0.25, 0.3) is 5.91 Å². The van der Waals surface area contributed by atoms with Crippen LogP contribution in [-0.4, -0.2) is 27.4 Å². The molecular weight excluding hydrogens is 412 g/mol. The zero-order chi connectivity index (χ0) is 21.8. The lowest BCUT2D eigenvalue weighted by molar-refractivity contribution is -0.123. The number of carbonyl (C=O) groups excluding carboxylic acids is 2. The SMILES string of the molecule is CC(C)C[C@H](NC(=O)c1ccc2nc(-n3cccc3)sc2c1)C(=O)NCc1ccco1. The van der Waals surface area contributed by atoms with Gasteiger partial charge in [0.2, 0.25) is 5.91 Å². The van der Waals surface area contributed by atoms with Gasteiger partial charge in [-0.15, -0.1) is 0 Å². The highest BCUT2D eigenvalue weighted by molar-refractivity contribution is 7.20. The van der Waals surface area contributed by atoms with E-state index < -0.39 is 6.04 Å². The molecule has 0 fully saturated rings. The Morgan fingerprint density at radius 1 is 1.16 bits per heavy atom. The van der Waals surface area contributed by atoms with E-state index in [2.05, 4.69) is 15.6 Å². The standard InChI is InChI=1S/C23H24N4O3S/c1-15(2)12-19(22(29)24-14-17-6-5-11-30-17)25-21(28)16-7-8-18-20(13-16)31-23(26-18)27-9-3-4-10-27/h3-11,13,15,19H,12,14H2,1-2H3,(H,24,29)(H,25,28)/t19-/m0/s1. The van der Waals surface area contributed by atoms with Gasteiger partial charge < -0.3 is 19.6 Å². The minimum Gasteiger partial charge on any atom is -0.467 e. The number of nitrogens with zero attached hydrogens (tertiary/aromatic N) is 2. The Labute approximate surface area is 184 Å². The molecule has 0 radical (unpaired) electrons. The number of aromatic nitrogens is 2. The number of hydrogen-bond acceptors (Lipinski definition) is 5. The van der Waals surface area contributed by atoms with E-state index in [-0.39, 0.29) is 24.3 Å². The number of nitrogens with one attached hydrogen (secondary N) is 2. The smallest absolute Gasteiger partial charge is 0.251 e. The van der Waals surface area contributed by atoms with Crippen LogP contribution in [0.5, 0.6) is 0 Å². The molecule has 4 aromatic rings. The minimum absolute atomic E-state index is 0.229. The average Bonchev–Trinajstić information content (AvgIpc) is 3.51. The molecule has 31 heavy (non-hydrogen) atoms. The summed E-state index contributed by atoms with van der Waals surface area (Å²) in [6.07, 6.45) is 5.97. The average molecular weight is 437 g/mol. The molecule has 0 bridgehead atoms. The van der Waals surface area contributed by atoms with Crippen molar-refractivity contribution in [2.45, 2.75) is 32.9 Å². The van der Waals surface area contributed by atoms with Crippen molar-refractivity contribution in [3.8, 4) is 5.13 Å². The van der Waals surface area contributed by atoms with Crippen LogP contribution in [0.15, 0.2) is 65.5 Å². The number of carbonyl (C=O) groups is 2. The van der Waals surface area contributed by atoms with Gasteiger partial charge in [0.05, 0.1) is 23.0 Å². The maximum Gasteiger partial charge on any atom is 0.251 e. The third kappa shape index (κ3) is 5.03. The zero-order valence-corrected chi connectivity index (χ0v) is 18.2. The second-order valence-electron chi connectivity index (χ2n) is 7.72. The molecular formula is C23H24N4O3S. The van der Waals surface area contributed by atoms with E-state index >= 15 is 0 Å². The number of rotatable bonds is 8. The summed E-state index contributed by atoms with van der Waals surface area (Å²) in [4.78, 5) is 30.2. The maximum atomic E-state index is 12.9. The van der Waals surface area contributed by atoms with E-state index in [1.54, 1.807) is 24.5 Å². The Balaban J connectivity index is 1.48. The normalized spacial score (nSPS) is 12.2. The molecule has 0 aliphatic rings. The van der Waals surface area contributed by atoms with E-state index in [1.807, 2.05) is 55.1 Å². The summed E-state index contributed by atoms with van der Waals surface area (Å²) < 4.78 is 8.11. The van der Waals surface area contributed by atoms with E-state index in [0.29, 0.717) is 17.7 Å². The van der Waals surface area contributed by atoms with Crippen molar-refractivity contribution in [3.63, 3.8) is 0 Å². The van der Waals surface area contributed by atoms with Gasteiger partial charge in [-0.25, -0.2) is 4.98 Å². The molecule has 3 heterocycles. The third-order valence-electron chi connectivity index (χ3n) is 4.81. The van der Waals surface area contributed by atoms with Crippen LogP contribution >= 0.6 is 11.3 Å². The van der Waals surface area contributed by atoms with Crippen molar-refractivity contribution in [2.24, 2.45) is 5.92 Å². The monoisotopic (exact) mass is 436 g/mol. The molecule has 3 aromatic heterocycles. The Morgan fingerprint density at radius 3 is 2.68 bits per heavy atom. The Morgan fingerprint density at radius 2 is 1.97 bits per heavy atom. The molecule has 2 N–H and O–H groups in total. The molecule has 0 aliphatic carbocycles. The number of fused-ring (bicyclic) bond motifs is 1.